The lowest BCUT2D eigenvalue weighted by molar-refractivity contribution is 0.345. The summed E-state index contributed by atoms with van der Waals surface area (Å²) in [5.41, 5.74) is 4.17. The lowest BCUT2D eigenvalue weighted by Crippen LogP contribution is -2.37. The average Bonchev–Trinajstić information content (AvgIpc) is 3.16. The summed E-state index contributed by atoms with van der Waals surface area (Å²) >= 11 is 0. The van der Waals surface area contributed by atoms with Crippen LogP contribution < -0.4 is 4.74 Å². The number of ether oxygens (including phenoxy) is 1. The van der Waals surface area contributed by atoms with Crippen LogP contribution in [0.3, 0.4) is 0 Å². The van der Waals surface area contributed by atoms with Crippen LogP contribution in [0.1, 0.15) is 5.69 Å². The van der Waals surface area contributed by atoms with E-state index in [0.717, 1.165) is 33.5 Å². The molecule has 1 aliphatic rings. The fourth-order valence-corrected chi connectivity index (χ4v) is 5.51. The van der Waals surface area contributed by atoms with Gasteiger partial charge in [0.25, 0.3) is 0 Å². The molecule has 4 aromatic rings. The van der Waals surface area contributed by atoms with E-state index in [9.17, 15) is 8.42 Å². The highest BCUT2D eigenvalue weighted by atomic mass is 32.2. The Labute approximate surface area is 176 Å². The van der Waals surface area contributed by atoms with Crippen LogP contribution in [-0.4, -0.2) is 30.9 Å². The first-order valence-electron chi connectivity index (χ1n) is 9.88. The van der Waals surface area contributed by atoms with Crippen molar-refractivity contribution in [1.29, 1.82) is 0 Å². The number of aromatic nitrogens is 1. The Balaban J connectivity index is 1.43. The molecule has 0 radical (unpaired) electrons. The van der Waals surface area contributed by atoms with Gasteiger partial charge in [0.2, 0.25) is 10.0 Å². The highest BCUT2D eigenvalue weighted by Gasteiger charge is 2.29. The summed E-state index contributed by atoms with van der Waals surface area (Å²) in [6, 6.07) is 25.1. The highest BCUT2D eigenvalue weighted by molar-refractivity contribution is 7.89. The van der Waals surface area contributed by atoms with E-state index < -0.39 is 10.0 Å². The summed E-state index contributed by atoms with van der Waals surface area (Å²) in [6.07, 6.45) is 0. The maximum absolute atomic E-state index is 13.3. The van der Waals surface area contributed by atoms with Crippen LogP contribution >= 0.6 is 0 Å². The Hall–Kier alpha value is -3.09. The molecule has 5 rings (SSSR count). The first kappa shape index (κ1) is 18.9. The molecule has 0 spiro atoms. The predicted molar refractivity (Wildman–Crippen MR) is 118 cm³/mol. The molecule has 0 saturated carbocycles. The molecule has 3 aromatic carbocycles. The van der Waals surface area contributed by atoms with Gasteiger partial charge < -0.3 is 9.30 Å². The minimum atomic E-state index is -3.56. The maximum atomic E-state index is 13.3. The van der Waals surface area contributed by atoms with Gasteiger partial charge in [0.1, 0.15) is 5.75 Å². The SMILES string of the molecule is COc1ccc2c(c1)cc1n2CCN(S(=O)(=O)c2ccc(-c3ccccc3)cc2)C1. The van der Waals surface area contributed by atoms with Crippen molar-refractivity contribution < 1.29 is 13.2 Å². The van der Waals surface area contributed by atoms with E-state index >= 15 is 0 Å². The lowest BCUT2D eigenvalue weighted by atomic mass is 10.1. The van der Waals surface area contributed by atoms with Gasteiger partial charge in [-0.1, -0.05) is 42.5 Å². The Bertz CT molecular complexity index is 1310. The van der Waals surface area contributed by atoms with Crippen molar-refractivity contribution >= 4 is 20.9 Å². The van der Waals surface area contributed by atoms with E-state index in [0.29, 0.717) is 24.5 Å². The monoisotopic (exact) mass is 418 g/mol. The third-order valence-corrected chi connectivity index (χ3v) is 7.56. The topological polar surface area (TPSA) is 51.5 Å². The summed E-state index contributed by atoms with van der Waals surface area (Å²) < 4.78 is 35.6. The molecular weight excluding hydrogens is 396 g/mol. The van der Waals surface area contributed by atoms with Gasteiger partial charge in [-0.15, -0.1) is 0 Å². The number of fused-ring (bicyclic) bond motifs is 3. The maximum Gasteiger partial charge on any atom is 0.243 e. The zero-order valence-corrected chi connectivity index (χ0v) is 17.5. The molecule has 2 heterocycles. The molecule has 0 aliphatic carbocycles. The van der Waals surface area contributed by atoms with Crippen LogP contribution in [0.25, 0.3) is 22.0 Å². The summed E-state index contributed by atoms with van der Waals surface area (Å²) in [7, 11) is -1.91. The minimum Gasteiger partial charge on any atom is -0.497 e. The molecule has 0 saturated heterocycles. The van der Waals surface area contributed by atoms with Gasteiger partial charge >= 0.3 is 0 Å². The molecule has 1 aliphatic heterocycles. The van der Waals surface area contributed by atoms with E-state index in [1.807, 2.05) is 60.7 Å². The molecule has 0 amide bonds. The summed E-state index contributed by atoms with van der Waals surface area (Å²) in [6.45, 7) is 1.44. The van der Waals surface area contributed by atoms with E-state index in [1.165, 1.54) is 0 Å². The second-order valence-corrected chi connectivity index (χ2v) is 9.38. The number of hydrogen-bond donors (Lipinski definition) is 0. The van der Waals surface area contributed by atoms with E-state index in [1.54, 1.807) is 23.5 Å². The van der Waals surface area contributed by atoms with Crippen molar-refractivity contribution in [2.24, 2.45) is 0 Å². The zero-order chi connectivity index (χ0) is 20.7. The summed E-state index contributed by atoms with van der Waals surface area (Å²) in [5.74, 6) is 0.799. The van der Waals surface area contributed by atoms with Crippen molar-refractivity contribution in [2.75, 3.05) is 13.7 Å². The first-order chi connectivity index (χ1) is 14.6. The molecule has 5 nitrogen and oxygen atoms in total. The highest BCUT2D eigenvalue weighted by Crippen LogP contribution is 2.30. The first-order valence-corrected chi connectivity index (χ1v) is 11.3. The molecular formula is C24H22N2O3S. The lowest BCUT2D eigenvalue weighted by Gasteiger charge is -2.28. The van der Waals surface area contributed by atoms with E-state index in [2.05, 4.69) is 10.6 Å². The molecule has 0 atom stereocenters. The van der Waals surface area contributed by atoms with Crippen LogP contribution in [0.15, 0.2) is 83.8 Å². The van der Waals surface area contributed by atoms with Gasteiger partial charge in [0, 0.05) is 29.7 Å². The van der Waals surface area contributed by atoms with Gasteiger partial charge in [-0.2, -0.15) is 4.31 Å². The summed E-state index contributed by atoms with van der Waals surface area (Å²) in [4.78, 5) is 0.327. The zero-order valence-electron chi connectivity index (χ0n) is 16.7. The van der Waals surface area contributed by atoms with Crippen molar-refractivity contribution in [3.63, 3.8) is 0 Å². The molecule has 0 N–H and O–H groups in total. The van der Waals surface area contributed by atoms with Crippen LogP contribution in [0.2, 0.25) is 0 Å². The Morgan fingerprint density at radius 3 is 2.30 bits per heavy atom. The van der Waals surface area contributed by atoms with Crippen LogP contribution in [0.4, 0.5) is 0 Å². The number of benzene rings is 3. The minimum absolute atomic E-state index is 0.327. The normalized spacial score (nSPS) is 14.6. The average molecular weight is 419 g/mol. The quantitative estimate of drug-likeness (QED) is 0.490. The van der Waals surface area contributed by atoms with E-state index in [-0.39, 0.29) is 0 Å². The Kier molecular flexibility index (Phi) is 4.60. The second-order valence-electron chi connectivity index (χ2n) is 7.44. The second kappa shape index (κ2) is 7.31. The van der Waals surface area contributed by atoms with E-state index in [4.69, 9.17) is 4.74 Å². The molecule has 0 fully saturated rings. The molecule has 6 heteroatoms. The number of nitrogens with zero attached hydrogens (tertiary/aromatic N) is 2. The van der Waals surface area contributed by atoms with Gasteiger partial charge in [-0.3, -0.25) is 0 Å². The fourth-order valence-electron chi connectivity index (χ4n) is 4.10. The van der Waals surface area contributed by atoms with Crippen molar-refractivity contribution in [3.05, 3.63) is 84.6 Å². The molecule has 152 valence electrons. The van der Waals surface area contributed by atoms with Gasteiger partial charge in [-0.25, -0.2) is 8.42 Å². The predicted octanol–water partition coefficient (Wildman–Crippen LogP) is 4.52. The number of methoxy groups -OCH3 is 1. The number of rotatable bonds is 4. The van der Waals surface area contributed by atoms with Gasteiger partial charge in [0.05, 0.1) is 18.6 Å². The smallest absolute Gasteiger partial charge is 0.243 e. The van der Waals surface area contributed by atoms with Gasteiger partial charge in [-0.05, 0) is 47.5 Å². The number of hydrogen-bond acceptors (Lipinski definition) is 3. The Morgan fingerprint density at radius 2 is 1.57 bits per heavy atom. The number of sulfonamides is 1. The largest absolute Gasteiger partial charge is 0.497 e. The molecule has 1 aromatic heterocycles. The van der Waals surface area contributed by atoms with Crippen molar-refractivity contribution in [1.82, 2.24) is 8.87 Å². The summed E-state index contributed by atoms with van der Waals surface area (Å²) in [5, 5.41) is 1.07. The third-order valence-electron chi connectivity index (χ3n) is 5.70. The standard InChI is InChI=1S/C24H22N2O3S/c1-29-22-9-12-24-20(16-22)15-21-17-25(13-14-26(21)24)30(27,28)23-10-7-19(8-11-23)18-5-3-2-4-6-18/h2-12,15-16H,13-14,17H2,1H3. The van der Waals surface area contributed by atoms with Crippen molar-refractivity contribution in [3.8, 4) is 16.9 Å². The van der Waals surface area contributed by atoms with Crippen molar-refractivity contribution in [2.45, 2.75) is 18.0 Å². The Morgan fingerprint density at radius 1 is 0.833 bits per heavy atom. The van der Waals surface area contributed by atoms with Crippen LogP contribution in [0, 0.1) is 0 Å². The fraction of sp³-hybridized carbons (Fsp3) is 0.167. The van der Waals surface area contributed by atoms with Gasteiger partial charge in [0.15, 0.2) is 0 Å². The van der Waals surface area contributed by atoms with Crippen LogP contribution in [-0.2, 0) is 23.1 Å². The molecule has 0 unspecified atom stereocenters. The molecule has 30 heavy (non-hydrogen) atoms. The molecule has 0 bridgehead atoms. The third kappa shape index (κ3) is 3.18. The van der Waals surface area contributed by atoms with Crippen LogP contribution in [0.5, 0.6) is 5.75 Å².